The molecule has 372 valence electrons. The number of hydrogen-bond acceptors (Lipinski definition) is 8. The van der Waals surface area contributed by atoms with Gasteiger partial charge in [0.2, 0.25) is 0 Å². The van der Waals surface area contributed by atoms with Gasteiger partial charge in [0.05, 0.1) is 11.4 Å². The van der Waals surface area contributed by atoms with Crippen LogP contribution in [0.2, 0.25) is 0 Å². The first-order valence-electron chi connectivity index (χ1n) is 22.0. The second-order valence-corrected chi connectivity index (χ2v) is 14.4. The van der Waals surface area contributed by atoms with Crippen LogP contribution in [0.1, 0.15) is 38.8 Å². The Labute approximate surface area is 461 Å². The van der Waals surface area contributed by atoms with E-state index >= 15 is 0 Å². The van der Waals surface area contributed by atoms with E-state index in [9.17, 15) is 0 Å². The zero-order valence-corrected chi connectivity index (χ0v) is 44.2. The summed E-state index contributed by atoms with van der Waals surface area (Å²) in [4.78, 5) is 35.6. The van der Waals surface area contributed by atoms with Crippen LogP contribution >= 0.6 is 0 Å². The van der Waals surface area contributed by atoms with Crippen LogP contribution in [0.5, 0.6) is 23.0 Å². The SMILES string of the molecule is CC#CC#CC#CC#CC#CC.CC(=O)O.CC(=O)O.Cc1ccc(Oc2[c-]c(-c3ccccn3)ccc2)[c-]c1-c1ccccn1.Cc1ccc(Oc2cccc(-c3ccccn3)c2)cc1-c1ccccn1.[Pd+2].[Pd]. The number of ether oxygens (including phenoxy) is 2. The molecule has 74 heavy (non-hydrogen) atoms. The summed E-state index contributed by atoms with van der Waals surface area (Å²) in [5.41, 5.74) is 9.80. The number of carboxylic acids is 2. The monoisotopic (exact) mass is 1160 g/mol. The Kier molecular flexibility index (Phi) is 29.2. The van der Waals surface area contributed by atoms with Gasteiger partial charge >= 0.3 is 20.4 Å². The molecule has 0 amide bonds. The minimum atomic E-state index is -0.833. The van der Waals surface area contributed by atoms with Gasteiger partial charge in [0.25, 0.3) is 11.9 Å². The zero-order valence-electron chi connectivity index (χ0n) is 41.1. The molecule has 8 rings (SSSR count). The van der Waals surface area contributed by atoms with Gasteiger partial charge in [0.15, 0.2) is 0 Å². The number of rotatable bonds is 8. The van der Waals surface area contributed by atoms with Crippen molar-refractivity contribution in [3.63, 3.8) is 0 Å². The van der Waals surface area contributed by atoms with E-state index in [1.165, 1.54) is 5.56 Å². The van der Waals surface area contributed by atoms with Crippen molar-refractivity contribution in [2.24, 2.45) is 0 Å². The number of pyridine rings is 4. The van der Waals surface area contributed by atoms with Crippen molar-refractivity contribution in [3.05, 3.63) is 194 Å². The van der Waals surface area contributed by atoms with E-state index in [0.29, 0.717) is 11.5 Å². The number of aryl methyl sites for hydroxylation is 2. The first kappa shape index (κ1) is 61.3. The number of benzene rings is 4. The number of hydrogen-bond donors (Lipinski definition) is 2. The normalized spacial score (nSPS) is 8.68. The van der Waals surface area contributed by atoms with Crippen LogP contribution in [-0.4, -0.2) is 42.1 Å². The van der Waals surface area contributed by atoms with E-state index in [4.69, 9.17) is 29.3 Å². The van der Waals surface area contributed by atoms with Crippen LogP contribution in [0, 0.1) is 85.2 Å². The van der Waals surface area contributed by atoms with Crippen LogP contribution in [0.4, 0.5) is 0 Å². The molecule has 0 saturated heterocycles. The Bertz CT molecular complexity index is 3120. The average molecular weight is 1160 g/mol. The average Bonchev–Trinajstić information content (AvgIpc) is 3.39. The van der Waals surface area contributed by atoms with Crippen molar-refractivity contribution < 1.29 is 70.1 Å². The molecule has 4 aromatic heterocycles. The second kappa shape index (κ2) is 35.3. The summed E-state index contributed by atoms with van der Waals surface area (Å²) in [5.74, 6) is 26.7. The molecule has 0 radical (unpaired) electrons. The summed E-state index contributed by atoms with van der Waals surface area (Å²) in [6.45, 7) is 9.73. The summed E-state index contributed by atoms with van der Waals surface area (Å²) in [6, 6.07) is 53.7. The fourth-order valence-electron chi connectivity index (χ4n) is 5.84. The molecule has 0 bridgehead atoms. The number of carboxylic acid groups (broad SMARTS) is 2. The third-order valence-electron chi connectivity index (χ3n) is 8.85. The van der Waals surface area contributed by atoms with Crippen molar-refractivity contribution in [1.29, 1.82) is 0 Å². The van der Waals surface area contributed by atoms with Crippen LogP contribution in [0.25, 0.3) is 45.0 Å². The van der Waals surface area contributed by atoms with E-state index in [1.807, 2.05) is 146 Å². The molecule has 0 fully saturated rings. The van der Waals surface area contributed by atoms with Crippen LogP contribution in [-0.2, 0) is 50.4 Å². The molecular formula is C62H48N4O6Pd2. The predicted octanol–water partition coefficient (Wildman–Crippen LogP) is 12.6. The Morgan fingerprint density at radius 3 is 1.46 bits per heavy atom. The maximum absolute atomic E-state index is 9.00. The third-order valence-corrected chi connectivity index (χ3v) is 8.85. The number of aromatic nitrogens is 4. The van der Waals surface area contributed by atoms with Crippen molar-refractivity contribution >= 4 is 11.9 Å². The minimum absolute atomic E-state index is 0. The van der Waals surface area contributed by atoms with Gasteiger partial charge in [-0.1, -0.05) is 85.5 Å². The van der Waals surface area contributed by atoms with Crippen molar-refractivity contribution in [1.82, 2.24) is 19.9 Å². The predicted molar refractivity (Wildman–Crippen MR) is 283 cm³/mol. The van der Waals surface area contributed by atoms with Gasteiger partial charge in [-0.3, -0.25) is 19.6 Å². The summed E-state index contributed by atoms with van der Waals surface area (Å²) < 4.78 is 12.1. The van der Waals surface area contributed by atoms with Gasteiger partial charge in [0, 0.05) is 81.7 Å². The summed E-state index contributed by atoms with van der Waals surface area (Å²) in [6.07, 6.45) is 7.14. The molecule has 0 unspecified atom stereocenters. The van der Waals surface area contributed by atoms with E-state index in [2.05, 4.69) is 104 Å². The van der Waals surface area contributed by atoms with E-state index in [1.54, 1.807) is 38.6 Å². The Morgan fingerprint density at radius 2 is 0.932 bits per heavy atom. The fraction of sp³-hybridized carbons (Fsp3) is 0.0968. The number of nitrogens with zero attached hydrogens (tertiary/aromatic N) is 4. The topological polar surface area (TPSA) is 145 Å². The smallest absolute Gasteiger partial charge is 0.497 e. The molecule has 4 heterocycles. The van der Waals surface area contributed by atoms with Gasteiger partial charge in [-0.05, 0) is 146 Å². The molecule has 0 atom stereocenters. The van der Waals surface area contributed by atoms with E-state index in [0.717, 1.165) is 75.9 Å². The van der Waals surface area contributed by atoms with Gasteiger partial charge < -0.3 is 29.7 Å². The maximum atomic E-state index is 9.00. The summed E-state index contributed by atoms with van der Waals surface area (Å²) in [7, 11) is 0. The molecule has 12 heteroatoms. The van der Waals surface area contributed by atoms with Gasteiger partial charge in [-0.25, -0.2) is 0 Å². The van der Waals surface area contributed by atoms with Crippen molar-refractivity contribution in [3.8, 4) is 127 Å². The van der Waals surface area contributed by atoms with Crippen LogP contribution < -0.4 is 9.47 Å². The second-order valence-electron chi connectivity index (χ2n) is 14.4. The Hall–Kier alpha value is -8.86. The molecule has 0 aliphatic heterocycles. The quantitative estimate of drug-likeness (QED) is 0.0857. The Morgan fingerprint density at radius 1 is 0.473 bits per heavy atom. The molecule has 8 aromatic rings. The van der Waals surface area contributed by atoms with Gasteiger partial charge in [-0.15, -0.1) is 47.0 Å². The minimum Gasteiger partial charge on any atom is -0.497 e. The van der Waals surface area contributed by atoms with Crippen molar-refractivity contribution in [2.45, 2.75) is 41.5 Å². The Balaban J connectivity index is 0.000000368. The molecule has 0 aliphatic rings. The number of aliphatic carboxylic acids is 2. The fourth-order valence-corrected chi connectivity index (χ4v) is 5.84. The first-order valence-corrected chi connectivity index (χ1v) is 22.0. The molecular weight excluding hydrogens is 1110 g/mol. The van der Waals surface area contributed by atoms with E-state index < -0.39 is 11.9 Å². The summed E-state index contributed by atoms with van der Waals surface area (Å²) >= 11 is 0. The molecule has 10 nitrogen and oxygen atoms in total. The zero-order chi connectivity index (χ0) is 51.8. The largest absolute Gasteiger partial charge is 2.00 e. The molecule has 4 aromatic carbocycles. The standard InChI is InChI=1S/C23H18N2O.C23H16N2O.C12H6.2C2H4O2.2Pd/c2*1-17-11-12-20(16-21(17)23-10-3-5-14-25-23)26-19-8-6-7-18(15-19)22-9-2-4-13-24-22;1-3-5-7-9-11-12-10-8-6-4-2;2*1-2(3)4;;/h2-16H,1H3;2-14H,1H3;1-2H3;2*1H3,(H,3,4);;/q;-2;;;;;+2. The first-order chi connectivity index (χ1) is 35.0. The van der Waals surface area contributed by atoms with Crippen LogP contribution in [0.15, 0.2) is 170 Å². The molecule has 0 aliphatic carbocycles. The number of carbonyl (C=O) groups is 2. The molecule has 0 spiro atoms. The third kappa shape index (κ3) is 23.4. The van der Waals surface area contributed by atoms with Crippen LogP contribution in [0.3, 0.4) is 0 Å². The summed E-state index contributed by atoms with van der Waals surface area (Å²) in [5, 5.41) is 14.8. The maximum Gasteiger partial charge on any atom is 2.00 e. The molecule has 2 N–H and O–H groups in total. The van der Waals surface area contributed by atoms with Crippen molar-refractivity contribution in [2.75, 3.05) is 0 Å². The molecule has 0 saturated carbocycles. The van der Waals surface area contributed by atoms with Gasteiger partial charge in [0.1, 0.15) is 11.5 Å². The van der Waals surface area contributed by atoms with Gasteiger partial charge in [-0.2, -0.15) is 0 Å². The van der Waals surface area contributed by atoms with E-state index in [-0.39, 0.29) is 40.8 Å².